The molecule has 0 heterocycles. The SMILES string of the molecule is CN(C)C(=O)CCOc1ccc(Br)cc1C(N)=S. The van der Waals surface area contributed by atoms with Crippen molar-refractivity contribution >= 4 is 39.0 Å². The minimum atomic E-state index is 0.0176. The molecule has 0 unspecified atom stereocenters. The second-order valence-electron chi connectivity index (χ2n) is 3.89. The standard InChI is InChI=1S/C12H15BrN2O2S/c1-15(2)11(16)5-6-17-10-4-3-8(13)7-9(10)12(14)18/h3-4,7H,5-6H2,1-2H3,(H2,14,18). The molecule has 1 amide bonds. The molecular formula is C12H15BrN2O2S. The number of nitrogens with zero attached hydrogens (tertiary/aromatic N) is 1. The van der Waals surface area contributed by atoms with Crippen molar-refractivity contribution in [3.8, 4) is 5.75 Å². The molecule has 0 saturated carbocycles. The van der Waals surface area contributed by atoms with E-state index < -0.39 is 0 Å². The summed E-state index contributed by atoms with van der Waals surface area (Å²) in [4.78, 5) is 13.2. The minimum Gasteiger partial charge on any atom is -0.492 e. The number of nitrogens with two attached hydrogens (primary N) is 1. The largest absolute Gasteiger partial charge is 0.492 e. The first-order chi connectivity index (χ1) is 8.41. The lowest BCUT2D eigenvalue weighted by Crippen LogP contribution is -2.23. The van der Waals surface area contributed by atoms with Gasteiger partial charge >= 0.3 is 0 Å². The summed E-state index contributed by atoms with van der Waals surface area (Å²) in [6.45, 7) is 0.300. The zero-order valence-electron chi connectivity index (χ0n) is 10.3. The number of carbonyl (C=O) groups excluding carboxylic acids is 1. The van der Waals surface area contributed by atoms with Crippen molar-refractivity contribution in [3.63, 3.8) is 0 Å². The molecular weight excluding hydrogens is 316 g/mol. The third-order valence-electron chi connectivity index (χ3n) is 2.28. The number of hydrogen-bond acceptors (Lipinski definition) is 3. The Hall–Kier alpha value is -1.14. The van der Waals surface area contributed by atoms with Crippen LogP contribution >= 0.6 is 28.1 Å². The molecule has 4 nitrogen and oxygen atoms in total. The lowest BCUT2D eigenvalue weighted by Gasteiger charge is -2.13. The summed E-state index contributed by atoms with van der Waals surface area (Å²) in [6, 6.07) is 5.41. The number of thiocarbonyl (C=S) groups is 1. The molecule has 1 aromatic rings. The van der Waals surface area contributed by atoms with Crippen LogP contribution in [0.1, 0.15) is 12.0 Å². The molecule has 0 bridgehead atoms. The Kier molecular flexibility index (Phi) is 5.55. The first-order valence-electron chi connectivity index (χ1n) is 5.34. The number of carbonyl (C=O) groups is 1. The third-order valence-corrected chi connectivity index (χ3v) is 2.99. The molecule has 2 N–H and O–H groups in total. The second kappa shape index (κ2) is 6.70. The van der Waals surface area contributed by atoms with Crippen LogP contribution in [0.25, 0.3) is 0 Å². The van der Waals surface area contributed by atoms with Gasteiger partial charge in [0.25, 0.3) is 0 Å². The van der Waals surface area contributed by atoms with Crippen molar-refractivity contribution in [1.29, 1.82) is 0 Å². The maximum Gasteiger partial charge on any atom is 0.225 e. The summed E-state index contributed by atoms with van der Waals surface area (Å²) in [6.07, 6.45) is 0.319. The maximum atomic E-state index is 11.4. The van der Waals surface area contributed by atoms with Gasteiger partial charge in [0, 0.05) is 18.6 Å². The summed E-state index contributed by atoms with van der Waals surface area (Å²) < 4.78 is 6.42. The highest BCUT2D eigenvalue weighted by Gasteiger charge is 2.09. The fourth-order valence-corrected chi connectivity index (χ4v) is 1.81. The van der Waals surface area contributed by atoms with E-state index in [4.69, 9.17) is 22.7 Å². The van der Waals surface area contributed by atoms with Gasteiger partial charge in [-0.25, -0.2) is 0 Å². The van der Waals surface area contributed by atoms with Crippen LogP contribution in [0.15, 0.2) is 22.7 Å². The van der Waals surface area contributed by atoms with Crippen LogP contribution in [0.4, 0.5) is 0 Å². The zero-order valence-corrected chi connectivity index (χ0v) is 12.7. The Morgan fingerprint density at radius 1 is 1.50 bits per heavy atom. The van der Waals surface area contributed by atoms with E-state index in [-0.39, 0.29) is 10.9 Å². The van der Waals surface area contributed by atoms with Gasteiger partial charge in [-0.1, -0.05) is 28.1 Å². The first kappa shape index (κ1) is 14.9. The van der Waals surface area contributed by atoms with Crippen molar-refractivity contribution in [2.75, 3.05) is 20.7 Å². The highest BCUT2D eigenvalue weighted by atomic mass is 79.9. The van der Waals surface area contributed by atoms with Gasteiger partial charge in [-0.15, -0.1) is 0 Å². The lowest BCUT2D eigenvalue weighted by atomic mass is 10.2. The molecule has 0 fully saturated rings. The van der Waals surface area contributed by atoms with E-state index in [1.807, 2.05) is 6.07 Å². The Labute approximate surface area is 120 Å². The summed E-state index contributed by atoms with van der Waals surface area (Å²) in [5.74, 6) is 0.612. The average molecular weight is 331 g/mol. The van der Waals surface area contributed by atoms with Gasteiger partial charge in [0.1, 0.15) is 10.7 Å². The van der Waals surface area contributed by atoms with Crippen LogP contribution in [0, 0.1) is 0 Å². The number of amides is 1. The molecule has 0 atom stereocenters. The summed E-state index contributed by atoms with van der Waals surface area (Å²) >= 11 is 8.30. The molecule has 18 heavy (non-hydrogen) atoms. The molecule has 0 aliphatic heterocycles. The molecule has 0 aliphatic carbocycles. The lowest BCUT2D eigenvalue weighted by molar-refractivity contribution is -0.129. The predicted octanol–water partition coefficient (Wildman–Crippen LogP) is 1.94. The Balaban J connectivity index is 2.68. The topological polar surface area (TPSA) is 55.6 Å². The number of rotatable bonds is 5. The molecule has 0 aliphatic rings. The van der Waals surface area contributed by atoms with E-state index in [9.17, 15) is 4.79 Å². The van der Waals surface area contributed by atoms with E-state index in [0.717, 1.165) is 4.47 Å². The molecule has 0 aromatic heterocycles. The third kappa shape index (κ3) is 4.27. The van der Waals surface area contributed by atoms with Crippen LogP contribution in [0.5, 0.6) is 5.75 Å². The highest BCUT2D eigenvalue weighted by Crippen LogP contribution is 2.23. The predicted molar refractivity (Wildman–Crippen MR) is 78.8 cm³/mol. The Bertz CT molecular complexity index is 463. The summed E-state index contributed by atoms with van der Waals surface area (Å²) in [5, 5.41) is 0. The van der Waals surface area contributed by atoms with Crippen molar-refractivity contribution in [2.24, 2.45) is 5.73 Å². The number of ether oxygens (including phenoxy) is 1. The van der Waals surface area contributed by atoms with Crippen molar-refractivity contribution in [1.82, 2.24) is 4.90 Å². The van der Waals surface area contributed by atoms with Gasteiger partial charge in [0.05, 0.1) is 18.6 Å². The van der Waals surface area contributed by atoms with Crippen LogP contribution in [0.3, 0.4) is 0 Å². The first-order valence-corrected chi connectivity index (χ1v) is 6.54. The summed E-state index contributed by atoms with van der Waals surface area (Å²) in [5.41, 5.74) is 6.28. The fourth-order valence-electron chi connectivity index (χ4n) is 1.29. The molecule has 1 rings (SSSR count). The monoisotopic (exact) mass is 330 g/mol. The second-order valence-corrected chi connectivity index (χ2v) is 5.25. The van der Waals surface area contributed by atoms with E-state index >= 15 is 0 Å². The number of hydrogen-bond donors (Lipinski definition) is 1. The van der Waals surface area contributed by atoms with Gasteiger partial charge in [-0.05, 0) is 18.2 Å². The van der Waals surface area contributed by atoms with E-state index in [2.05, 4.69) is 15.9 Å². The molecule has 6 heteroatoms. The molecule has 0 radical (unpaired) electrons. The zero-order chi connectivity index (χ0) is 13.7. The van der Waals surface area contributed by atoms with Gasteiger partial charge in [-0.2, -0.15) is 0 Å². The van der Waals surface area contributed by atoms with Crippen molar-refractivity contribution in [2.45, 2.75) is 6.42 Å². The quantitative estimate of drug-likeness (QED) is 0.838. The smallest absolute Gasteiger partial charge is 0.225 e. The van der Waals surface area contributed by atoms with Crippen molar-refractivity contribution in [3.05, 3.63) is 28.2 Å². The van der Waals surface area contributed by atoms with Gasteiger partial charge in [0.15, 0.2) is 0 Å². The van der Waals surface area contributed by atoms with Gasteiger partial charge in [-0.3, -0.25) is 4.79 Å². The normalized spacial score (nSPS) is 9.94. The number of halogens is 1. The Morgan fingerprint density at radius 3 is 2.72 bits per heavy atom. The molecule has 0 saturated heterocycles. The highest BCUT2D eigenvalue weighted by molar-refractivity contribution is 9.10. The van der Waals surface area contributed by atoms with Crippen LogP contribution in [-0.4, -0.2) is 36.5 Å². The van der Waals surface area contributed by atoms with Gasteiger partial charge < -0.3 is 15.4 Å². The van der Waals surface area contributed by atoms with Crippen LogP contribution in [0.2, 0.25) is 0 Å². The van der Waals surface area contributed by atoms with E-state index in [1.165, 1.54) is 4.90 Å². The van der Waals surface area contributed by atoms with E-state index in [1.54, 1.807) is 26.2 Å². The molecule has 1 aromatic carbocycles. The van der Waals surface area contributed by atoms with E-state index in [0.29, 0.717) is 24.3 Å². The maximum absolute atomic E-state index is 11.4. The van der Waals surface area contributed by atoms with Crippen LogP contribution < -0.4 is 10.5 Å². The Morgan fingerprint density at radius 2 is 2.17 bits per heavy atom. The number of benzene rings is 1. The van der Waals surface area contributed by atoms with Crippen LogP contribution in [-0.2, 0) is 4.79 Å². The van der Waals surface area contributed by atoms with Gasteiger partial charge in [0.2, 0.25) is 5.91 Å². The molecule has 0 spiro atoms. The van der Waals surface area contributed by atoms with Crippen molar-refractivity contribution < 1.29 is 9.53 Å². The fraction of sp³-hybridized carbons (Fsp3) is 0.333. The molecule has 98 valence electrons. The average Bonchev–Trinajstić information content (AvgIpc) is 2.30. The summed E-state index contributed by atoms with van der Waals surface area (Å²) in [7, 11) is 3.42. The minimum absolute atomic E-state index is 0.0176.